The zero-order valence-electron chi connectivity index (χ0n) is 20.4. The van der Waals surface area contributed by atoms with Crippen molar-refractivity contribution in [1.82, 2.24) is 0 Å². The largest absolute Gasteiger partial charge is 0.396 e. The molecule has 35 heavy (non-hydrogen) atoms. The average Bonchev–Trinajstić information content (AvgIpc) is 3.13. The molecule has 0 amide bonds. The summed E-state index contributed by atoms with van der Waals surface area (Å²) < 4.78 is 27.6. The summed E-state index contributed by atoms with van der Waals surface area (Å²) in [6, 6.07) is 18.0. The molecule has 0 saturated carbocycles. The molecule has 4 aromatic rings. The SMILES string of the molecule is Cc1ccc(S(=O)(=O)c2c(Nc3c(C)cccc3C)sc(C(=O)c3ccc(C)cc3C)c2N)cc1. The third-order valence-corrected chi connectivity index (χ3v) is 9.16. The number of anilines is 3. The Labute approximate surface area is 210 Å². The molecule has 3 aromatic carbocycles. The van der Waals surface area contributed by atoms with Crippen LogP contribution in [-0.2, 0) is 9.84 Å². The molecule has 1 heterocycles. The maximum absolute atomic E-state index is 13.8. The Balaban J connectivity index is 1.93. The number of ketones is 1. The quantitative estimate of drug-likeness (QED) is 0.286. The monoisotopic (exact) mass is 504 g/mol. The van der Waals surface area contributed by atoms with E-state index in [2.05, 4.69) is 5.32 Å². The zero-order valence-corrected chi connectivity index (χ0v) is 22.0. The van der Waals surface area contributed by atoms with Crippen LogP contribution in [0, 0.1) is 34.6 Å². The lowest BCUT2D eigenvalue weighted by Crippen LogP contribution is -2.09. The fourth-order valence-corrected chi connectivity index (χ4v) is 7.01. The third kappa shape index (κ3) is 4.61. The van der Waals surface area contributed by atoms with Gasteiger partial charge in [0.15, 0.2) is 0 Å². The van der Waals surface area contributed by atoms with Crippen LogP contribution in [0.5, 0.6) is 0 Å². The highest BCUT2D eigenvalue weighted by atomic mass is 32.2. The molecule has 180 valence electrons. The second kappa shape index (κ2) is 9.32. The van der Waals surface area contributed by atoms with Crippen molar-refractivity contribution in [3.63, 3.8) is 0 Å². The molecule has 0 radical (unpaired) electrons. The van der Waals surface area contributed by atoms with E-state index in [-0.39, 0.29) is 26.1 Å². The van der Waals surface area contributed by atoms with E-state index in [4.69, 9.17) is 5.73 Å². The van der Waals surface area contributed by atoms with Crippen molar-refractivity contribution in [3.8, 4) is 0 Å². The third-order valence-electron chi connectivity index (χ3n) is 6.05. The van der Waals surface area contributed by atoms with E-state index in [0.717, 1.165) is 44.8 Å². The summed E-state index contributed by atoms with van der Waals surface area (Å²) in [5.41, 5.74) is 12.4. The summed E-state index contributed by atoms with van der Waals surface area (Å²) in [4.78, 5) is 13.8. The summed E-state index contributed by atoms with van der Waals surface area (Å²) in [5.74, 6) is -0.292. The van der Waals surface area contributed by atoms with Gasteiger partial charge in [-0.2, -0.15) is 0 Å². The van der Waals surface area contributed by atoms with Gasteiger partial charge in [0.05, 0.1) is 10.6 Å². The predicted molar refractivity (Wildman–Crippen MR) is 144 cm³/mol. The molecule has 3 N–H and O–H groups in total. The van der Waals surface area contributed by atoms with Crippen molar-refractivity contribution in [2.24, 2.45) is 0 Å². The number of nitrogen functional groups attached to an aromatic ring is 1. The smallest absolute Gasteiger partial charge is 0.211 e. The van der Waals surface area contributed by atoms with Crippen LogP contribution >= 0.6 is 11.3 Å². The van der Waals surface area contributed by atoms with Gasteiger partial charge in [-0.3, -0.25) is 4.79 Å². The number of nitrogens with one attached hydrogen (secondary N) is 1. The van der Waals surface area contributed by atoms with Crippen molar-refractivity contribution in [2.75, 3.05) is 11.1 Å². The standard InChI is InChI=1S/C28H28N2O3S2/c1-16-9-12-21(13-10-16)35(32,33)27-23(29)26(25(31)22-14-11-17(2)15-20(22)5)34-28(27)30-24-18(3)7-6-8-19(24)4/h6-15,30H,29H2,1-5H3. The number of nitrogens with two attached hydrogens (primary N) is 1. The fraction of sp³-hybridized carbons (Fsp3) is 0.179. The maximum atomic E-state index is 13.8. The Morgan fingerprint density at radius 3 is 2.03 bits per heavy atom. The highest BCUT2D eigenvalue weighted by molar-refractivity contribution is 7.92. The Hall–Kier alpha value is -3.42. The van der Waals surface area contributed by atoms with E-state index in [1.165, 1.54) is 0 Å². The normalized spacial score (nSPS) is 11.5. The summed E-state index contributed by atoms with van der Waals surface area (Å²) in [5, 5.41) is 3.62. The second-order valence-corrected chi connectivity index (χ2v) is 11.8. The second-order valence-electron chi connectivity index (χ2n) is 8.86. The first kappa shape index (κ1) is 24.7. The number of hydrogen-bond donors (Lipinski definition) is 2. The van der Waals surface area contributed by atoms with Crippen LogP contribution in [0.25, 0.3) is 0 Å². The summed E-state index contributed by atoms with van der Waals surface area (Å²) in [6.07, 6.45) is 0. The molecular weight excluding hydrogens is 476 g/mol. The van der Waals surface area contributed by atoms with Crippen LogP contribution in [0.4, 0.5) is 16.4 Å². The number of rotatable bonds is 6. The van der Waals surface area contributed by atoms with E-state index in [1.807, 2.05) is 65.0 Å². The molecule has 0 atom stereocenters. The molecule has 0 spiro atoms. The zero-order chi connectivity index (χ0) is 25.5. The first-order valence-corrected chi connectivity index (χ1v) is 13.5. The molecular formula is C28H28N2O3S2. The van der Waals surface area contributed by atoms with Crippen LogP contribution in [0.3, 0.4) is 0 Å². The lowest BCUT2D eigenvalue weighted by molar-refractivity contribution is 0.104. The van der Waals surface area contributed by atoms with Crippen molar-refractivity contribution < 1.29 is 13.2 Å². The van der Waals surface area contributed by atoms with Gasteiger partial charge < -0.3 is 11.1 Å². The highest BCUT2D eigenvalue weighted by Gasteiger charge is 2.32. The first-order valence-electron chi connectivity index (χ1n) is 11.2. The van der Waals surface area contributed by atoms with Gasteiger partial charge in [-0.25, -0.2) is 8.42 Å². The molecule has 1 aromatic heterocycles. The van der Waals surface area contributed by atoms with Crippen LogP contribution in [-0.4, -0.2) is 14.2 Å². The van der Waals surface area contributed by atoms with Crippen LogP contribution in [0.15, 0.2) is 70.5 Å². The summed E-state index contributed by atoms with van der Waals surface area (Å²) in [6.45, 7) is 9.61. The van der Waals surface area contributed by atoms with Crippen molar-refractivity contribution >= 4 is 43.3 Å². The first-order chi connectivity index (χ1) is 16.5. The van der Waals surface area contributed by atoms with Gasteiger partial charge in [-0.15, -0.1) is 11.3 Å². The van der Waals surface area contributed by atoms with E-state index in [0.29, 0.717) is 10.6 Å². The van der Waals surface area contributed by atoms with Crippen molar-refractivity contribution in [1.29, 1.82) is 0 Å². The minimum atomic E-state index is -4.00. The Morgan fingerprint density at radius 2 is 1.43 bits per heavy atom. The number of sulfone groups is 1. The van der Waals surface area contributed by atoms with Gasteiger partial charge in [0.2, 0.25) is 15.6 Å². The lowest BCUT2D eigenvalue weighted by atomic mass is 10.0. The average molecular weight is 505 g/mol. The van der Waals surface area contributed by atoms with Gasteiger partial charge in [0.25, 0.3) is 0 Å². The summed E-state index contributed by atoms with van der Waals surface area (Å²) >= 11 is 1.07. The molecule has 7 heteroatoms. The van der Waals surface area contributed by atoms with Gasteiger partial charge in [0.1, 0.15) is 14.8 Å². The number of thiophene rings is 1. The molecule has 0 aliphatic rings. The van der Waals surface area contributed by atoms with Gasteiger partial charge in [0, 0.05) is 11.3 Å². The molecule has 0 aliphatic heterocycles. The van der Waals surface area contributed by atoms with E-state index in [1.54, 1.807) is 30.3 Å². The number of carbonyl (C=O) groups excluding carboxylic acids is 1. The Kier molecular flexibility index (Phi) is 6.58. The van der Waals surface area contributed by atoms with Crippen molar-refractivity contribution in [2.45, 2.75) is 44.4 Å². The maximum Gasteiger partial charge on any atom is 0.211 e. The molecule has 5 nitrogen and oxygen atoms in total. The molecule has 0 bridgehead atoms. The number of hydrogen-bond acceptors (Lipinski definition) is 6. The fourth-order valence-electron chi connectivity index (χ4n) is 4.10. The number of para-hydroxylation sites is 1. The number of carbonyl (C=O) groups is 1. The van der Waals surface area contributed by atoms with E-state index >= 15 is 0 Å². The Morgan fingerprint density at radius 1 is 0.829 bits per heavy atom. The topological polar surface area (TPSA) is 89.3 Å². The van der Waals surface area contributed by atoms with Gasteiger partial charge >= 0.3 is 0 Å². The number of aryl methyl sites for hydroxylation is 5. The van der Waals surface area contributed by atoms with Crippen molar-refractivity contribution in [3.05, 3.63) is 98.9 Å². The minimum Gasteiger partial charge on any atom is -0.396 e. The Bertz CT molecular complexity index is 1530. The molecule has 0 aliphatic carbocycles. The van der Waals surface area contributed by atoms with E-state index < -0.39 is 9.84 Å². The highest BCUT2D eigenvalue weighted by Crippen LogP contribution is 2.45. The predicted octanol–water partition coefficient (Wildman–Crippen LogP) is 6.68. The van der Waals surface area contributed by atoms with E-state index in [9.17, 15) is 13.2 Å². The molecule has 4 rings (SSSR count). The molecule has 0 fully saturated rings. The summed E-state index contributed by atoms with van der Waals surface area (Å²) in [7, 11) is -4.00. The van der Waals surface area contributed by atoms with Crippen LogP contribution < -0.4 is 11.1 Å². The van der Waals surface area contributed by atoms with Gasteiger partial charge in [-0.05, 0) is 63.4 Å². The lowest BCUT2D eigenvalue weighted by Gasteiger charge is -2.13. The van der Waals surface area contributed by atoms with Crippen LogP contribution in [0.1, 0.15) is 43.1 Å². The van der Waals surface area contributed by atoms with Crippen LogP contribution in [0.2, 0.25) is 0 Å². The number of benzene rings is 3. The molecule has 0 saturated heterocycles. The van der Waals surface area contributed by atoms with Gasteiger partial charge in [-0.1, -0.05) is 59.7 Å². The molecule has 0 unspecified atom stereocenters. The minimum absolute atomic E-state index is 0.0331.